The van der Waals surface area contributed by atoms with E-state index in [0.29, 0.717) is 49.0 Å². The predicted molar refractivity (Wildman–Crippen MR) is 141 cm³/mol. The largest absolute Gasteiger partial charge is 0.451 e. The summed E-state index contributed by atoms with van der Waals surface area (Å²) >= 11 is 0. The first-order valence-corrected chi connectivity index (χ1v) is 12.3. The maximum absolute atomic E-state index is 15.9. The van der Waals surface area contributed by atoms with Gasteiger partial charge in [-0.05, 0) is 41.1 Å². The van der Waals surface area contributed by atoms with Crippen molar-refractivity contribution in [2.24, 2.45) is 5.18 Å². The minimum Gasteiger partial charge on any atom is -0.451 e. The standard InChI is InChI=1S/C28H20FN5O5/c1-15-27(31-37)30-14-34(15)24-20(29)12-18-23-26(24)39-22-11-17-5-3-2-4-16(17)10-21(22)33(23)13-19(25(18)35)28(36)32-6-8-38-9-7-32/h2-5,10-14H,6-9H2,1H3. The Bertz CT molecular complexity index is 1920. The molecule has 0 aliphatic carbocycles. The first kappa shape index (κ1) is 23.2. The Balaban J connectivity index is 1.57. The van der Waals surface area contributed by atoms with E-state index in [0.717, 1.165) is 16.8 Å². The fourth-order valence-electron chi connectivity index (χ4n) is 5.32. The van der Waals surface area contributed by atoms with Crippen LogP contribution in [0.3, 0.4) is 0 Å². The first-order chi connectivity index (χ1) is 19.0. The zero-order valence-electron chi connectivity index (χ0n) is 20.7. The van der Waals surface area contributed by atoms with Gasteiger partial charge in [0.25, 0.3) is 5.91 Å². The van der Waals surface area contributed by atoms with E-state index >= 15 is 4.39 Å². The van der Waals surface area contributed by atoms with E-state index in [1.165, 1.54) is 17.1 Å². The highest BCUT2D eigenvalue weighted by atomic mass is 19.1. The maximum Gasteiger partial charge on any atom is 0.259 e. The SMILES string of the molecule is Cc1c(N=O)ncn1-c1c(F)cc2c(=O)c(C(=O)N3CCOCC3)cn3c2c1Oc1cc2ccccc2cc1-3. The molecule has 1 saturated heterocycles. The van der Waals surface area contributed by atoms with Gasteiger partial charge in [-0.2, -0.15) is 0 Å². The Morgan fingerprint density at radius 1 is 1.08 bits per heavy atom. The topological polar surface area (TPSA) is 108 Å². The zero-order valence-corrected chi connectivity index (χ0v) is 20.7. The molecule has 10 nitrogen and oxygen atoms in total. The van der Waals surface area contributed by atoms with Crippen LogP contribution in [0.25, 0.3) is 33.1 Å². The number of imidazole rings is 1. The van der Waals surface area contributed by atoms with Gasteiger partial charge in [-0.3, -0.25) is 14.2 Å². The Labute approximate surface area is 219 Å². The number of halogens is 1. The molecule has 2 aliphatic rings. The normalized spacial score (nSPS) is 14.4. The van der Waals surface area contributed by atoms with Crippen molar-refractivity contribution in [1.29, 1.82) is 0 Å². The van der Waals surface area contributed by atoms with Crippen LogP contribution in [0, 0.1) is 17.6 Å². The molecule has 3 aromatic carbocycles. The molecule has 39 heavy (non-hydrogen) atoms. The summed E-state index contributed by atoms with van der Waals surface area (Å²) in [5.74, 6) is -0.837. The van der Waals surface area contributed by atoms with Gasteiger partial charge in [0, 0.05) is 19.3 Å². The van der Waals surface area contributed by atoms with Crippen LogP contribution in [0.1, 0.15) is 16.1 Å². The Morgan fingerprint density at radius 3 is 2.54 bits per heavy atom. The number of ether oxygens (including phenoxy) is 2. The van der Waals surface area contributed by atoms with E-state index in [-0.39, 0.29) is 28.2 Å². The van der Waals surface area contributed by atoms with Gasteiger partial charge >= 0.3 is 0 Å². The molecule has 5 aromatic rings. The minimum absolute atomic E-state index is 0.00401. The number of carbonyl (C=O) groups is 1. The van der Waals surface area contributed by atoms with Crippen LogP contribution in [-0.2, 0) is 4.74 Å². The molecule has 0 unspecified atom stereocenters. The van der Waals surface area contributed by atoms with Crippen LogP contribution < -0.4 is 10.2 Å². The van der Waals surface area contributed by atoms with Crippen LogP contribution in [0.5, 0.6) is 11.5 Å². The molecule has 4 heterocycles. The number of pyridine rings is 1. The zero-order chi connectivity index (χ0) is 26.8. The van der Waals surface area contributed by atoms with Crippen LogP contribution in [0.15, 0.2) is 65.0 Å². The smallest absolute Gasteiger partial charge is 0.259 e. The van der Waals surface area contributed by atoms with Gasteiger partial charge in [0.2, 0.25) is 11.2 Å². The molecule has 1 fully saturated rings. The summed E-state index contributed by atoms with van der Waals surface area (Å²) in [6.45, 7) is 3.04. The van der Waals surface area contributed by atoms with Gasteiger partial charge in [-0.25, -0.2) is 9.37 Å². The second-order valence-corrected chi connectivity index (χ2v) is 9.46. The third-order valence-electron chi connectivity index (χ3n) is 7.31. The number of aromatic nitrogens is 3. The van der Waals surface area contributed by atoms with Crippen LogP contribution in [0.2, 0.25) is 0 Å². The summed E-state index contributed by atoms with van der Waals surface area (Å²) in [4.78, 5) is 44.0. The molecule has 1 amide bonds. The molecule has 2 aliphatic heterocycles. The third kappa shape index (κ3) is 3.40. The average molecular weight is 525 g/mol. The van der Waals surface area contributed by atoms with Crippen molar-refractivity contribution in [3.8, 4) is 22.9 Å². The molecule has 2 aromatic heterocycles. The van der Waals surface area contributed by atoms with Crippen LogP contribution in [-0.4, -0.2) is 51.2 Å². The summed E-state index contributed by atoms with van der Waals surface area (Å²) in [5, 5.41) is 4.72. The lowest BCUT2D eigenvalue weighted by Gasteiger charge is -2.29. The van der Waals surface area contributed by atoms with Crippen LogP contribution >= 0.6 is 0 Å². The van der Waals surface area contributed by atoms with E-state index < -0.39 is 17.2 Å². The van der Waals surface area contributed by atoms with Gasteiger partial charge in [-0.15, -0.1) is 4.91 Å². The molecule has 194 valence electrons. The molecule has 11 heteroatoms. The molecular weight excluding hydrogens is 505 g/mol. The maximum atomic E-state index is 15.9. The molecule has 7 rings (SSSR count). The second kappa shape index (κ2) is 8.57. The Morgan fingerprint density at radius 2 is 1.82 bits per heavy atom. The van der Waals surface area contributed by atoms with E-state index in [9.17, 15) is 14.5 Å². The number of hydrogen-bond acceptors (Lipinski definition) is 7. The van der Waals surface area contributed by atoms with Gasteiger partial charge in [0.15, 0.2) is 17.3 Å². The summed E-state index contributed by atoms with van der Waals surface area (Å²) in [7, 11) is 0. The fraction of sp³-hybridized carbons (Fsp3) is 0.179. The molecule has 0 bridgehead atoms. The van der Waals surface area contributed by atoms with Crippen molar-refractivity contribution in [1.82, 2.24) is 19.0 Å². The van der Waals surface area contributed by atoms with Crippen molar-refractivity contribution in [3.05, 3.63) is 87.2 Å². The van der Waals surface area contributed by atoms with Crippen molar-refractivity contribution in [3.63, 3.8) is 0 Å². The summed E-state index contributed by atoms with van der Waals surface area (Å²) in [5.41, 5.74) is 0.496. The molecule has 0 saturated carbocycles. The van der Waals surface area contributed by atoms with Crippen molar-refractivity contribution >= 4 is 33.4 Å². The summed E-state index contributed by atoms with van der Waals surface area (Å²) in [6, 6.07) is 12.5. The predicted octanol–water partition coefficient (Wildman–Crippen LogP) is 4.75. The fourth-order valence-corrected chi connectivity index (χ4v) is 5.32. The van der Waals surface area contributed by atoms with Crippen LogP contribution in [0.4, 0.5) is 10.2 Å². The van der Waals surface area contributed by atoms with Crippen molar-refractivity contribution in [2.75, 3.05) is 26.3 Å². The summed E-state index contributed by atoms with van der Waals surface area (Å²) < 4.78 is 30.7. The highest BCUT2D eigenvalue weighted by molar-refractivity contribution is 6.01. The number of rotatable bonds is 3. The minimum atomic E-state index is -0.778. The number of hydrogen-bond donors (Lipinski definition) is 0. The highest BCUT2D eigenvalue weighted by Gasteiger charge is 2.31. The monoisotopic (exact) mass is 525 g/mol. The van der Waals surface area contributed by atoms with Gasteiger partial charge < -0.3 is 18.9 Å². The van der Waals surface area contributed by atoms with Gasteiger partial charge in [-0.1, -0.05) is 24.3 Å². The number of nitroso groups, excluding NO2 is 1. The number of morpholine rings is 1. The highest BCUT2D eigenvalue weighted by Crippen LogP contribution is 2.46. The molecular formula is C28H20FN5O5. The number of benzene rings is 3. The first-order valence-electron chi connectivity index (χ1n) is 12.3. The van der Waals surface area contributed by atoms with Crippen molar-refractivity contribution < 1.29 is 18.7 Å². The number of fused-ring (bicyclic) bond motifs is 3. The molecule has 0 N–H and O–H groups in total. The van der Waals surface area contributed by atoms with Gasteiger partial charge in [0.05, 0.1) is 30.0 Å². The Kier molecular flexibility index (Phi) is 5.10. The number of amides is 1. The lowest BCUT2D eigenvalue weighted by molar-refractivity contribution is 0.0302. The molecule has 0 spiro atoms. The lowest BCUT2D eigenvalue weighted by Crippen LogP contribution is -2.42. The van der Waals surface area contributed by atoms with E-state index in [4.69, 9.17) is 9.47 Å². The number of carbonyl (C=O) groups excluding carboxylic acids is 1. The third-order valence-corrected chi connectivity index (χ3v) is 7.31. The Hall–Kier alpha value is -4.90. The average Bonchev–Trinajstić information content (AvgIpc) is 3.33. The summed E-state index contributed by atoms with van der Waals surface area (Å²) in [6.07, 6.45) is 2.79. The molecule has 0 atom stereocenters. The van der Waals surface area contributed by atoms with Crippen molar-refractivity contribution in [2.45, 2.75) is 6.92 Å². The second-order valence-electron chi connectivity index (χ2n) is 9.46. The number of nitrogens with zero attached hydrogens (tertiary/aromatic N) is 5. The van der Waals surface area contributed by atoms with Gasteiger partial charge in [0.1, 0.15) is 23.1 Å². The van der Waals surface area contributed by atoms with E-state index in [1.807, 2.05) is 36.4 Å². The lowest BCUT2D eigenvalue weighted by atomic mass is 10.0. The van der Waals surface area contributed by atoms with E-state index in [1.54, 1.807) is 16.4 Å². The quantitative estimate of drug-likeness (QED) is 0.309. The van der Waals surface area contributed by atoms with E-state index in [2.05, 4.69) is 10.2 Å². The molecule has 0 radical (unpaired) electrons.